The van der Waals surface area contributed by atoms with Gasteiger partial charge in [0.1, 0.15) is 0 Å². The summed E-state index contributed by atoms with van der Waals surface area (Å²) < 4.78 is 12.2. The van der Waals surface area contributed by atoms with Crippen LogP contribution >= 0.6 is 0 Å². The Morgan fingerprint density at radius 1 is 1.41 bits per heavy atom. The van der Waals surface area contributed by atoms with E-state index in [1.165, 1.54) is 0 Å². The minimum absolute atomic E-state index is 0.00946. The maximum atomic E-state index is 12.5. The SMILES string of the molecule is CCC1(CC)CN(c2cc(C#N)ccc2C(C)=O)CCS1=O. The summed E-state index contributed by atoms with van der Waals surface area (Å²) >= 11 is 0. The number of ketones is 1. The summed E-state index contributed by atoms with van der Waals surface area (Å²) in [5.74, 6) is 0.597. The number of carbonyl (C=O) groups is 1. The number of benzene rings is 1. The van der Waals surface area contributed by atoms with E-state index in [0.717, 1.165) is 18.5 Å². The van der Waals surface area contributed by atoms with E-state index in [4.69, 9.17) is 5.26 Å². The number of anilines is 1. The van der Waals surface area contributed by atoms with Gasteiger partial charge in [0.2, 0.25) is 0 Å². The number of rotatable bonds is 4. The maximum Gasteiger partial charge on any atom is 0.161 e. The molecule has 0 aliphatic carbocycles. The van der Waals surface area contributed by atoms with Gasteiger partial charge in [-0.2, -0.15) is 5.26 Å². The van der Waals surface area contributed by atoms with Crippen LogP contribution in [0.3, 0.4) is 0 Å². The molecular weight excluding hydrogens is 296 g/mol. The highest BCUT2D eigenvalue weighted by Gasteiger charge is 2.39. The zero-order valence-corrected chi connectivity index (χ0v) is 14.2. The molecule has 0 N–H and O–H groups in total. The van der Waals surface area contributed by atoms with Crippen LogP contribution in [-0.2, 0) is 10.8 Å². The molecule has 1 aromatic rings. The Kier molecular flexibility index (Phi) is 5.02. The first kappa shape index (κ1) is 16.7. The Morgan fingerprint density at radius 3 is 2.64 bits per heavy atom. The van der Waals surface area contributed by atoms with Gasteiger partial charge < -0.3 is 4.90 Å². The van der Waals surface area contributed by atoms with Crippen LogP contribution in [0.4, 0.5) is 5.69 Å². The van der Waals surface area contributed by atoms with Crippen molar-refractivity contribution < 1.29 is 9.00 Å². The predicted molar refractivity (Wildman–Crippen MR) is 89.7 cm³/mol. The van der Waals surface area contributed by atoms with Crippen molar-refractivity contribution in [2.45, 2.75) is 38.4 Å². The van der Waals surface area contributed by atoms with E-state index < -0.39 is 10.8 Å². The van der Waals surface area contributed by atoms with Crippen LogP contribution in [0.15, 0.2) is 18.2 Å². The smallest absolute Gasteiger partial charge is 0.161 e. The molecule has 0 radical (unpaired) electrons. The lowest BCUT2D eigenvalue weighted by atomic mass is 9.99. The third-order valence-corrected chi connectivity index (χ3v) is 6.87. The Labute approximate surface area is 134 Å². The molecule has 1 aromatic carbocycles. The van der Waals surface area contributed by atoms with Crippen LogP contribution in [0.2, 0.25) is 0 Å². The molecule has 118 valence electrons. The highest BCUT2D eigenvalue weighted by molar-refractivity contribution is 7.86. The van der Waals surface area contributed by atoms with Gasteiger partial charge in [0.05, 0.1) is 16.4 Å². The summed E-state index contributed by atoms with van der Waals surface area (Å²) in [5.41, 5.74) is 1.98. The fourth-order valence-electron chi connectivity index (χ4n) is 3.07. The molecule has 0 amide bonds. The summed E-state index contributed by atoms with van der Waals surface area (Å²) in [5, 5.41) is 9.12. The van der Waals surface area contributed by atoms with E-state index in [-0.39, 0.29) is 10.5 Å². The minimum Gasteiger partial charge on any atom is -0.368 e. The topological polar surface area (TPSA) is 61.2 Å². The van der Waals surface area contributed by atoms with E-state index in [2.05, 4.69) is 24.8 Å². The Balaban J connectivity index is 2.45. The summed E-state index contributed by atoms with van der Waals surface area (Å²) in [4.78, 5) is 14.0. The van der Waals surface area contributed by atoms with E-state index in [1.807, 2.05) is 0 Å². The van der Waals surface area contributed by atoms with E-state index in [0.29, 0.717) is 30.0 Å². The van der Waals surface area contributed by atoms with Crippen molar-refractivity contribution in [2.75, 3.05) is 23.7 Å². The molecule has 0 aromatic heterocycles. The van der Waals surface area contributed by atoms with Gasteiger partial charge >= 0.3 is 0 Å². The number of nitriles is 1. The van der Waals surface area contributed by atoms with Crippen LogP contribution < -0.4 is 4.90 Å². The van der Waals surface area contributed by atoms with Gasteiger partial charge in [-0.15, -0.1) is 0 Å². The van der Waals surface area contributed by atoms with Crippen molar-refractivity contribution in [1.29, 1.82) is 5.26 Å². The molecule has 1 fully saturated rings. The number of nitrogens with zero attached hydrogens (tertiary/aromatic N) is 2. The number of hydrogen-bond acceptors (Lipinski definition) is 4. The average molecular weight is 318 g/mol. The molecule has 2 rings (SSSR count). The fourth-order valence-corrected chi connectivity index (χ4v) is 4.83. The van der Waals surface area contributed by atoms with Crippen molar-refractivity contribution in [2.24, 2.45) is 0 Å². The normalized spacial score (nSPS) is 20.5. The lowest BCUT2D eigenvalue weighted by Crippen LogP contribution is -2.53. The van der Waals surface area contributed by atoms with Gasteiger partial charge in [-0.05, 0) is 38.0 Å². The first-order valence-electron chi connectivity index (χ1n) is 7.66. The number of hydrogen-bond donors (Lipinski definition) is 0. The standard InChI is InChI=1S/C17H22N2O2S/c1-4-17(5-2)12-19(8-9-22(17)21)16-10-14(11-18)6-7-15(16)13(3)20/h6-7,10H,4-5,8-9,12H2,1-3H3. The highest BCUT2D eigenvalue weighted by Crippen LogP contribution is 2.33. The molecule has 0 bridgehead atoms. The highest BCUT2D eigenvalue weighted by atomic mass is 32.2. The predicted octanol–water partition coefficient (Wildman–Crippen LogP) is 2.89. The summed E-state index contributed by atoms with van der Waals surface area (Å²) in [7, 11) is -0.847. The van der Waals surface area contributed by atoms with Gasteiger partial charge in [0.15, 0.2) is 5.78 Å². The first-order chi connectivity index (χ1) is 10.5. The lowest BCUT2D eigenvalue weighted by Gasteiger charge is -2.42. The van der Waals surface area contributed by atoms with Crippen LogP contribution in [0, 0.1) is 11.3 Å². The van der Waals surface area contributed by atoms with Crippen molar-refractivity contribution in [1.82, 2.24) is 0 Å². The van der Waals surface area contributed by atoms with Gasteiger partial charge in [-0.1, -0.05) is 13.8 Å². The third kappa shape index (κ3) is 2.93. The second-order valence-corrected chi connectivity index (χ2v) is 7.73. The van der Waals surface area contributed by atoms with Crippen molar-refractivity contribution in [3.8, 4) is 6.07 Å². The average Bonchev–Trinajstić information content (AvgIpc) is 2.55. The van der Waals surface area contributed by atoms with E-state index >= 15 is 0 Å². The minimum atomic E-state index is -0.847. The molecule has 1 aliphatic rings. The van der Waals surface area contributed by atoms with Crippen LogP contribution in [-0.4, -0.2) is 33.6 Å². The molecule has 1 heterocycles. The maximum absolute atomic E-state index is 12.5. The summed E-state index contributed by atoms with van der Waals surface area (Å²) in [6, 6.07) is 7.31. The molecular formula is C17H22N2O2S. The van der Waals surface area contributed by atoms with Crippen LogP contribution in [0.5, 0.6) is 0 Å². The fraction of sp³-hybridized carbons (Fsp3) is 0.529. The summed E-state index contributed by atoms with van der Waals surface area (Å²) in [6.07, 6.45) is 1.69. The second kappa shape index (κ2) is 6.62. The molecule has 1 unspecified atom stereocenters. The molecule has 0 saturated carbocycles. The van der Waals surface area contributed by atoms with Gasteiger partial charge in [-0.25, -0.2) is 0 Å². The van der Waals surface area contributed by atoms with Crippen LogP contribution in [0.1, 0.15) is 49.5 Å². The third-order valence-electron chi connectivity index (χ3n) is 4.64. The molecule has 1 saturated heterocycles. The lowest BCUT2D eigenvalue weighted by molar-refractivity contribution is 0.101. The zero-order chi connectivity index (χ0) is 16.3. The quantitative estimate of drug-likeness (QED) is 0.801. The molecule has 22 heavy (non-hydrogen) atoms. The number of Topliss-reactive ketones (excluding diaryl/α,β-unsaturated/α-hetero) is 1. The molecule has 1 aliphatic heterocycles. The molecule has 4 nitrogen and oxygen atoms in total. The van der Waals surface area contributed by atoms with Gasteiger partial charge in [-0.3, -0.25) is 9.00 Å². The second-order valence-electron chi connectivity index (χ2n) is 5.76. The molecule has 5 heteroatoms. The van der Waals surface area contributed by atoms with Crippen LogP contribution in [0.25, 0.3) is 0 Å². The van der Waals surface area contributed by atoms with Gasteiger partial charge in [0.25, 0.3) is 0 Å². The zero-order valence-electron chi connectivity index (χ0n) is 13.4. The summed E-state index contributed by atoms with van der Waals surface area (Å²) in [6.45, 7) is 7.01. The van der Waals surface area contributed by atoms with E-state index in [1.54, 1.807) is 25.1 Å². The molecule has 1 atom stereocenters. The Bertz CT molecular complexity index is 645. The van der Waals surface area contributed by atoms with Crippen molar-refractivity contribution in [3.63, 3.8) is 0 Å². The van der Waals surface area contributed by atoms with Crippen molar-refractivity contribution >= 4 is 22.3 Å². The van der Waals surface area contributed by atoms with Crippen molar-refractivity contribution in [3.05, 3.63) is 29.3 Å². The number of carbonyl (C=O) groups excluding carboxylic acids is 1. The Morgan fingerprint density at radius 2 is 2.09 bits per heavy atom. The first-order valence-corrected chi connectivity index (χ1v) is 8.98. The molecule has 0 spiro atoms. The van der Waals surface area contributed by atoms with Gasteiger partial charge in [0, 0.05) is 40.9 Å². The van der Waals surface area contributed by atoms with E-state index in [9.17, 15) is 9.00 Å². The Hall–Kier alpha value is -1.67. The largest absolute Gasteiger partial charge is 0.368 e. The monoisotopic (exact) mass is 318 g/mol.